The molecule has 6 nitrogen and oxygen atoms in total. The van der Waals surface area contributed by atoms with E-state index in [1.54, 1.807) is 24.0 Å². The van der Waals surface area contributed by atoms with Gasteiger partial charge in [-0.2, -0.15) is 23.4 Å². The van der Waals surface area contributed by atoms with Gasteiger partial charge in [-0.1, -0.05) is 0 Å². The summed E-state index contributed by atoms with van der Waals surface area (Å²) in [5.41, 5.74) is 0.0114. The lowest BCUT2D eigenvalue weighted by molar-refractivity contribution is -0.142. The first-order chi connectivity index (χ1) is 10.7. The first-order valence-corrected chi connectivity index (χ1v) is 7.08. The van der Waals surface area contributed by atoms with Crippen LogP contribution in [0.3, 0.4) is 0 Å². The zero-order valence-corrected chi connectivity index (χ0v) is 13.1. The Morgan fingerprint density at radius 3 is 2.57 bits per heavy atom. The van der Waals surface area contributed by atoms with Crippen LogP contribution < -0.4 is 0 Å². The Hall–Kier alpha value is -2.32. The van der Waals surface area contributed by atoms with Crippen molar-refractivity contribution in [1.82, 2.24) is 24.5 Å². The van der Waals surface area contributed by atoms with E-state index in [1.165, 1.54) is 11.8 Å². The zero-order chi connectivity index (χ0) is 17.2. The molecule has 2 aromatic rings. The SMILES string of the molecule is CCn1ccc(CN(C)C(=O)Cn2nc(C(F)(F)F)cc2C)n1. The lowest BCUT2D eigenvalue weighted by Crippen LogP contribution is -2.30. The summed E-state index contributed by atoms with van der Waals surface area (Å²) < 4.78 is 40.7. The Morgan fingerprint density at radius 1 is 1.35 bits per heavy atom. The Kier molecular flexibility index (Phi) is 4.76. The molecule has 9 heteroatoms. The third-order valence-corrected chi connectivity index (χ3v) is 3.40. The van der Waals surface area contributed by atoms with E-state index in [-0.39, 0.29) is 24.7 Å². The van der Waals surface area contributed by atoms with Gasteiger partial charge in [0.2, 0.25) is 5.91 Å². The zero-order valence-electron chi connectivity index (χ0n) is 13.1. The number of amides is 1. The fourth-order valence-corrected chi connectivity index (χ4v) is 2.05. The molecule has 23 heavy (non-hydrogen) atoms. The third-order valence-electron chi connectivity index (χ3n) is 3.40. The Morgan fingerprint density at radius 2 is 2.04 bits per heavy atom. The number of hydrogen-bond acceptors (Lipinski definition) is 3. The number of aromatic nitrogens is 4. The van der Waals surface area contributed by atoms with E-state index in [4.69, 9.17) is 0 Å². The molecule has 126 valence electrons. The van der Waals surface area contributed by atoms with Crippen LogP contribution in [-0.2, 0) is 30.6 Å². The van der Waals surface area contributed by atoms with Crippen LogP contribution in [0.15, 0.2) is 18.3 Å². The number of carbonyl (C=O) groups excluding carboxylic acids is 1. The highest BCUT2D eigenvalue weighted by Gasteiger charge is 2.34. The van der Waals surface area contributed by atoms with Crippen molar-refractivity contribution in [3.8, 4) is 0 Å². The molecule has 0 unspecified atom stereocenters. The van der Waals surface area contributed by atoms with Crippen LogP contribution in [0, 0.1) is 6.92 Å². The van der Waals surface area contributed by atoms with Gasteiger partial charge in [-0.15, -0.1) is 0 Å². The first-order valence-electron chi connectivity index (χ1n) is 7.08. The van der Waals surface area contributed by atoms with Crippen molar-refractivity contribution in [3.63, 3.8) is 0 Å². The minimum absolute atomic E-state index is 0.243. The van der Waals surface area contributed by atoms with Crippen LogP contribution in [0.1, 0.15) is 24.0 Å². The van der Waals surface area contributed by atoms with Crippen LogP contribution in [0.2, 0.25) is 0 Å². The smallest absolute Gasteiger partial charge is 0.338 e. The summed E-state index contributed by atoms with van der Waals surface area (Å²) >= 11 is 0. The van der Waals surface area contributed by atoms with E-state index in [2.05, 4.69) is 10.2 Å². The van der Waals surface area contributed by atoms with Crippen molar-refractivity contribution in [2.24, 2.45) is 0 Å². The van der Waals surface area contributed by atoms with Crippen LogP contribution >= 0.6 is 0 Å². The molecule has 0 saturated heterocycles. The summed E-state index contributed by atoms with van der Waals surface area (Å²) in [5.74, 6) is -0.337. The van der Waals surface area contributed by atoms with Crippen LogP contribution in [0.25, 0.3) is 0 Å². The summed E-state index contributed by atoms with van der Waals surface area (Å²) in [6, 6.07) is 2.73. The van der Waals surface area contributed by atoms with Gasteiger partial charge in [0.25, 0.3) is 0 Å². The minimum atomic E-state index is -4.52. The number of hydrogen-bond donors (Lipinski definition) is 0. The number of carbonyl (C=O) groups is 1. The normalized spacial score (nSPS) is 11.7. The van der Waals surface area contributed by atoms with Gasteiger partial charge in [-0.3, -0.25) is 14.2 Å². The molecule has 2 heterocycles. The molecule has 0 aliphatic rings. The largest absolute Gasteiger partial charge is 0.435 e. The van der Waals surface area contributed by atoms with Crippen molar-refractivity contribution < 1.29 is 18.0 Å². The summed E-state index contributed by atoms with van der Waals surface area (Å²) in [6.07, 6.45) is -2.71. The fraction of sp³-hybridized carbons (Fsp3) is 0.500. The second-order valence-corrected chi connectivity index (χ2v) is 5.24. The van der Waals surface area contributed by atoms with Crippen molar-refractivity contribution in [2.75, 3.05) is 7.05 Å². The molecule has 0 bridgehead atoms. The van der Waals surface area contributed by atoms with Gasteiger partial charge >= 0.3 is 6.18 Å². The monoisotopic (exact) mass is 329 g/mol. The molecule has 0 atom stereocenters. The molecule has 1 amide bonds. The van der Waals surface area contributed by atoms with Crippen LogP contribution in [-0.4, -0.2) is 37.4 Å². The molecule has 0 aliphatic heterocycles. The second-order valence-electron chi connectivity index (χ2n) is 5.24. The van der Waals surface area contributed by atoms with Gasteiger partial charge < -0.3 is 4.90 Å². The molecule has 0 aromatic carbocycles. The van der Waals surface area contributed by atoms with Crippen molar-refractivity contribution >= 4 is 5.91 Å². The lowest BCUT2D eigenvalue weighted by Gasteiger charge is -2.16. The van der Waals surface area contributed by atoms with Gasteiger partial charge in [0.05, 0.1) is 12.2 Å². The minimum Gasteiger partial charge on any atom is -0.338 e. The summed E-state index contributed by atoms with van der Waals surface area (Å²) in [6.45, 7) is 4.21. The summed E-state index contributed by atoms with van der Waals surface area (Å²) in [7, 11) is 1.58. The topological polar surface area (TPSA) is 56.0 Å². The lowest BCUT2D eigenvalue weighted by atomic mass is 10.3. The van der Waals surface area contributed by atoms with Crippen LogP contribution in [0.4, 0.5) is 13.2 Å². The number of halogens is 3. The Bertz CT molecular complexity index is 689. The fourth-order valence-electron chi connectivity index (χ4n) is 2.05. The number of aryl methyl sites for hydroxylation is 2. The number of alkyl halides is 3. The molecular weight excluding hydrogens is 311 g/mol. The maximum atomic E-state index is 12.6. The number of nitrogens with zero attached hydrogens (tertiary/aromatic N) is 5. The molecule has 0 fully saturated rings. The van der Waals surface area contributed by atoms with Crippen LogP contribution in [0.5, 0.6) is 0 Å². The third kappa shape index (κ3) is 4.11. The van der Waals surface area contributed by atoms with Crippen molar-refractivity contribution in [2.45, 2.75) is 39.7 Å². The molecule has 0 saturated carbocycles. The summed E-state index contributed by atoms with van der Waals surface area (Å²) in [4.78, 5) is 13.6. The van der Waals surface area contributed by atoms with Crippen molar-refractivity contribution in [1.29, 1.82) is 0 Å². The Balaban J connectivity index is 2.02. The molecule has 0 aliphatic carbocycles. The predicted octanol–water partition coefficient (Wildman–Crippen LogP) is 2.09. The van der Waals surface area contributed by atoms with E-state index in [1.807, 2.05) is 6.92 Å². The maximum Gasteiger partial charge on any atom is 0.435 e. The molecule has 2 rings (SSSR count). The van der Waals surface area contributed by atoms with Gasteiger partial charge in [0, 0.05) is 25.5 Å². The first kappa shape index (κ1) is 17.0. The molecule has 0 radical (unpaired) electrons. The second kappa shape index (κ2) is 6.43. The quantitative estimate of drug-likeness (QED) is 0.844. The van der Waals surface area contributed by atoms with Gasteiger partial charge in [0.15, 0.2) is 5.69 Å². The van der Waals surface area contributed by atoms with E-state index < -0.39 is 11.9 Å². The van der Waals surface area contributed by atoms with E-state index in [0.29, 0.717) is 0 Å². The highest BCUT2D eigenvalue weighted by Crippen LogP contribution is 2.28. The molecular formula is C14H18F3N5O. The summed E-state index contributed by atoms with van der Waals surface area (Å²) in [5, 5.41) is 7.72. The average molecular weight is 329 g/mol. The van der Waals surface area contributed by atoms with Crippen molar-refractivity contribution in [3.05, 3.63) is 35.4 Å². The number of rotatable bonds is 5. The van der Waals surface area contributed by atoms with E-state index in [0.717, 1.165) is 23.0 Å². The maximum absolute atomic E-state index is 12.6. The molecule has 2 aromatic heterocycles. The highest BCUT2D eigenvalue weighted by atomic mass is 19.4. The van der Waals surface area contributed by atoms with Gasteiger partial charge in [-0.05, 0) is 26.0 Å². The van der Waals surface area contributed by atoms with Gasteiger partial charge in [0.1, 0.15) is 6.54 Å². The van der Waals surface area contributed by atoms with E-state index in [9.17, 15) is 18.0 Å². The molecule has 0 spiro atoms. The van der Waals surface area contributed by atoms with Gasteiger partial charge in [-0.25, -0.2) is 0 Å². The Labute approximate surface area is 131 Å². The average Bonchev–Trinajstić information content (AvgIpc) is 3.05. The molecule has 0 N–H and O–H groups in total. The predicted molar refractivity (Wildman–Crippen MR) is 76.3 cm³/mol. The number of likely N-dealkylation sites (N-methyl/N-ethyl adjacent to an activating group) is 1. The standard InChI is InChI=1S/C14H18F3N5O/c1-4-21-6-5-11(18-21)8-20(3)13(23)9-22-10(2)7-12(19-22)14(15,16)17/h5-7H,4,8-9H2,1-3H3. The highest BCUT2D eigenvalue weighted by molar-refractivity contribution is 5.75. The van der Waals surface area contributed by atoms with E-state index >= 15 is 0 Å².